The first kappa shape index (κ1) is 11.5. The molecule has 0 unspecified atom stereocenters. The second-order valence-corrected chi connectivity index (χ2v) is 4.90. The standard InChI is InChI=1S/C11H13BrN2O2/c12-11-6-10(14(15)16)5-4-8(11)7-13-9-2-1-3-9/h4-6,9,13H,1-3,7H2. The Bertz CT molecular complexity index is 405. The summed E-state index contributed by atoms with van der Waals surface area (Å²) in [7, 11) is 0. The van der Waals surface area contributed by atoms with Crippen molar-refractivity contribution in [2.45, 2.75) is 31.8 Å². The van der Waals surface area contributed by atoms with Crippen molar-refractivity contribution in [2.75, 3.05) is 0 Å². The van der Waals surface area contributed by atoms with Crippen LogP contribution < -0.4 is 5.32 Å². The minimum absolute atomic E-state index is 0.124. The van der Waals surface area contributed by atoms with Crippen LogP contribution in [0.3, 0.4) is 0 Å². The van der Waals surface area contributed by atoms with E-state index >= 15 is 0 Å². The number of halogens is 1. The second kappa shape index (κ2) is 4.93. The Labute approximate surface area is 102 Å². The quantitative estimate of drug-likeness (QED) is 0.683. The normalized spacial score (nSPS) is 15.8. The van der Waals surface area contributed by atoms with Gasteiger partial charge in [0.1, 0.15) is 0 Å². The fraction of sp³-hybridized carbons (Fsp3) is 0.455. The first-order valence-electron chi connectivity index (χ1n) is 5.33. The molecule has 4 nitrogen and oxygen atoms in total. The molecule has 1 aliphatic carbocycles. The number of nitro benzene ring substituents is 1. The van der Waals surface area contributed by atoms with E-state index in [4.69, 9.17) is 0 Å². The fourth-order valence-electron chi connectivity index (χ4n) is 1.66. The van der Waals surface area contributed by atoms with Gasteiger partial charge in [0.25, 0.3) is 5.69 Å². The van der Waals surface area contributed by atoms with Crippen molar-refractivity contribution in [3.63, 3.8) is 0 Å². The van der Waals surface area contributed by atoms with E-state index in [1.807, 2.05) is 0 Å². The summed E-state index contributed by atoms with van der Waals surface area (Å²) in [5.74, 6) is 0. The molecule has 0 spiro atoms. The molecule has 1 N–H and O–H groups in total. The van der Waals surface area contributed by atoms with Crippen LogP contribution in [0.4, 0.5) is 5.69 Å². The topological polar surface area (TPSA) is 55.2 Å². The van der Waals surface area contributed by atoms with E-state index in [0.29, 0.717) is 6.04 Å². The predicted molar refractivity (Wildman–Crippen MR) is 65.3 cm³/mol. The number of rotatable bonds is 4. The van der Waals surface area contributed by atoms with Gasteiger partial charge in [-0.1, -0.05) is 22.4 Å². The number of nitrogens with one attached hydrogen (secondary N) is 1. The highest BCUT2D eigenvalue weighted by molar-refractivity contribution is 9.10. The van der Waals surface area contributed by atoms with Crippen LogP contribution in [0, 0.1) is 10.1 Å². The molecule has 5 heteroatoms. The van der Waals surface area contributed by atoms with Crippen LogP contribution in [0.1, 0.15) is 24.8 Å². The molecule has 0 atom stereocenters. The molecule has 1 saturated carbocycles. The summed E-state index contributed by atoms with van der Waals surface area (Å²) in [5.41, 5.74) is 1.19. The minimum Gasteiger partial charge on any atom is -0.310 e. The summed E-state index contributed by atoms with van der Waals surface area (Å²) in [6, 6.07) is 5.52. The summed E-state index contributed by atoms with van der Waals surface area (Å²) < 4.78 is 0.800. The molecular formula is C11H13BrN2O2. The van der Waals surface area contributed by atoms with E-state index in [1.54, 1.807) is 18.2 Å². The fourth-order valence-corrected chi connectivity index (χ4v) is 2.17. The number of hydrogen-bond acceptors (Lipinski definition) is 3. The van der Waals surface area contributed by atoms with Crippen LogP contribution in [0.25, 0.3) is 0 Å². The summed E-state index contributed by atoms with van der Waals surface area (Å²) >= 11 is 3.36. The number of non-ortho nitro benzene ring substituents is 1. The first-order valence-corrected chi connectivity index (χ1v) is 6.12. The third-order valence-corrected chi connectivity index (χ3v) is 3.67. The van der Waals surface area contributed by atoms with Crippen LogP contribution in [0.2, 0.25) is 0 Å². The zero-order valence-corrected chi connectivity index (χ0v) is 10.4. The monoisotopic (exact) mass is 284 g/mol. The average molecular weight is 285 g/mol. The Kier molecular flexibility index (Phi) is 3.56. The van der Waals surface area contributed by atoms with Crippen molar-refractivity contribution < 1.29 is 4.92 Å². The van der Waals surface area contributed by atoms with Crippen LogP contribution >= 0.6 is 15.9 Å². The van der Waals surface area contributed by atoms with E-state index in [1.165, 1.54) is 19.3 Å². The van der Waals surface area contributed by atoms with Crippen molar-refractivity contribution in [3.05, 3.63) is 38.3 Å². The van der Waals surface area contributed by atoms with E-state index < -0.39 is 0 Å². The molecule has 0 aromatic heterocycles. The lowest BCUT2D eigenvalue weighted by Crippen LogP contribution is -2.34. The maximum atomic E-state index is 10.6. The zero-order valence-electron chi connectivity index (χ0n) is 8.78. The van der Waals surface area contributed by atoms with Gasteiger partial charge >= 0.3 is 0 Å². The molecule has 0 aliphatic heterocycles. The van der Waals surface area contributed by atoms with E-state index in [2.05, 4.69) is 21.2 Å². The number of nitrogens with zero attached hydrogens (tertiary/aromatic N) is 1. The van der Waals surface area contributed by atoms with Gasteiger partial charge in [-0.25, -0.2) is 0 Å². The van der Waals surface area contributed by atoms with Gasteiger partial charge in [-0.2, -0.15) is 0 Å². The summed E-state index contributed by atoms with van der Waals surface area (Å²) in [6.07, 6.45) is 3.79. The van der Waals surface area contributed by atoms with Gasteiger partial charge in [0.15, 0.2) is 0 Å². The average Bonchev–Trinajstić information content (AvgIpc) is 2.17. The van der Waals surface area contributed by atoms with Gasteiger partial charge < -0.3 is 5.32 Å². The van der Waals surface area contributed by atoms with Gasteiger partial charge in [-0.15, -0.1) is 0 Å². The van der Waals surface area contributed by atoms with Crippen molar-refractivity contribution in [3.8, 4) is 0 Å². The molecule has 2 rings (SSSR count). The van der Waals surface area contributed by atoms with Crippen LogP contribution in [0.15, 0.2) is 22.7 Å². The largest absolute Gasteiger partial charge is 0.310 e. The lowest BCUT2D eigenvalue weighted by atomic mass is 9.93. The maximum Gasteiger partial charge on any atom is 0.270 e. The van der Waals surface area contributed by atoms with Crippen molar-refractivity contribution >= 4 is 21.6 Å². The summed E-state index contributed by atoms with van der Waals surface area (Å²) in [4.78, 5) is 10.2. The lowest BCUT2D eigenvalue weighted by molar-refractivity contribution is -0.384. The molecule has 16 heavy (non-hydrogen) atoms. The molecule has 0 saturated heterocycles. The Balaban J connectivity index is 2.00. The van der Waals surface area contributed by atoms with Crippen molar-refractivity contribution in [2.24, 2.45) is 0 Å². The molecule has 86 valence electrons. The molecule has 0 amide bonds. The molecule has 0 bridgehead atoms. The second-order valence-electron chi connectivity index (χ2n) is 4.04. The highest BCUT2D eigenvalue weighted by Crippen LogP contribution is 2.24. The van der Waals surface area contributed by atoms with Gasteiger partial charge in [-0.3, -0.25) is 10.1 Å². The number of hydrogen-bond donors (Lipinski definition) is 1. The molecule has 1 fully saturated rings. The van der Waals surface area contributed by atoms with E-state index in [0.717, 1.165) is 16.6 Å². The van der Waals surface area contributed by atoms with Crippen LogP contribution in [0.5, 0.6) is 0 Å². The van der Waals surface area contributed by atoms with E-state index in [9.17, 15) is 10.1 Å². The highest BCUT2D eigenvalue weighted by Gasteiger charge is 2.17. The van der Waals surface area contributed by atoms with Gasteiger partial charge in [0, 0.05) is 29.2 Å². The van der Waals surface area contributed by atoms with Crippen LogP contribution in [-0.2, 0) is 6.54 Å². The van der Waals surface area contributed by atoms with E-state index in [-0.39, 0.29) is 10.6 Å². The molecule has 0 heterocycles. The Morgan fingerprint density at radius 3 is 2.75 bits per heavy atom. The third kappa shape index (κ3) is 2.59. The third-order valence-electron chi connectivity index (χ3n) is 2.93. The smallest absolute Gasteiger partial charge is 0.270 e. The molecular weight excluding hydrogens is 272 g/mol. The molecule has 1 aromatic carbocycles. The minimum atomic E-state index is -0.381. The molecule has 1 aromatic rings. The highest BCUT2D eigenvalue weighted by atomic mass is 79.9. The van der Waals surface area contributed by atoms with Crippen molar-refractivity contribution in [1.82, 2.24) is 5.32 Å². The Morgan fingerprint density at radius 1 is 1.50 bits per heavy atom. The number of benzene rings is 1. The van der Waals surface area contributed by atoms with Gasteiger partial charge in [-0.05, 0) is 24.5 Å². The summed E-state index contributed by atoms with van der Waals surface area (Å²) in [5, 5.41) is 14.0. The summed E-state index contributed by atoms with van der Waals surface area (Å²) in [6.45, 7) is 0.767. The first-order chi connectivity index (χ1) is 7.66. The molecule has 1 aliphatic rings. The number of nitro groups is 1. The van der Waals surface area contributed by atoms with Crippen molar-refractivity contribution in [1.29, 1.82) is 0 Å². The van der Waals surface area contributed by atoms with Crippen LogP contribution in [-0.4, -0.2) is 11.0 Å². The van der Waals surface area contributed by atoms with Gasteiger partial charge in [0.05, 0.1) is 4.92 Å². The zero-order chi connectivity index (χ0) is 11.5. The molecule has 0 radical (unpaired) electrons. The SMILES string of the molecule is O=[N+]([O-])c1ccc(CNC2CCC2)c(Br)c1. The predicted octanol–water partition coefficient (Wildman–Crippen LogP) is 3.00. The lowest BCUT2D eigenvalue weighted by Gasteiger charge is -2.26. The Hall–Kier alpha value is -0.940. The Morgan fingerprint density at radius 2 is 2.25 bits per heavy atom. The maximum absolute atomic E-state index is 10.6. The van der Waals surface area contributed by atoms with Gasteiger partial charge in [0.2, 0.25) is 0 Å².